The predicted octanol–water partition coefficient (Wildman–Crippen LogP) is 6.17. The maximum atomic E-state index is 13.7. The second kappa shape index (κ2) is 11.8. The van der Waals surface area contributed by atoms with Gasteiger partial charge in [-0.15, -0.1) is 0 Å². The van der Waals surface area contributed by atoms with E-state index in [0.717, 1.165) is 0 Å². The highest BCUT2D eigenvalue weighted by molar-refractivity contribution is 6.70. The fourth-order valence-electron chi connectivity index (χ4n) is 5.16. The van der Waals surface area contributed by atoms with E-state index in [0.29, 0.717) is 17.4 Å². The van der Waals surface area contributed by atoms with Crippen LogP contribution in [0.2, 0.25) is 58.9 Å². The number of rotatable bonds is 9. The lowest BCUT2D eigenvalue weighted by Crippen LogP contribution is -2.63. The first-order chi connectivity index (χ1) is 19.4. The van der Waals surface area contributed by atoms with E-state index in [4.69, 9.17) is 22.4 Å². The quantitative estimate of drug-likeness (QED) is 0.211. The molecule has 2 aromatic carbocycles. The molecule has 0 radical (unpaired) electrons. The second-order valence-electron chi connectivity index (χ2n) is 13.6. The number of hydrogen-bond acceptors (Lipinski definition) is 9. The highest BCUT2D eigenvalue weighted by atomic mass is 28.4. The summed E-state index contributed by atoms with van der Waals surface area (Å²) >= 11 is 0. The van der Waals surface area contributed by atoms with Gasteiger partial charge in [0.1, 0.15) is 53.9 Å². The van der Waals surface area contributed by atoms with Gasteiger partial charge in [-0.1, -0.05) is 12.1 Å². The van der Waals surface area contributed by atoms with E-state index in [1.54, 1.807) is 12.1 Å². The van der Waals surface area contributed by atoms with Crippen LogP contribution in [0.25, 0.3) is 22.1 Å². The first-order valence-electron chi connectivity index (χ1n) is 14.1. The van der Waals surface area contributed by atoms with Crippen LogP contribution in [0.4, 0.5) is 0 Å². The zero-order valence-corrected chi connectivity index (χ0v) is 28.8. The Morgan fingerprint density at radius 3 is 1.86 bits per heavy atom. The molecule has 1 aromatic heterocycles. The minimum Gasteiger partial charge on any atom is -0.508 e. The van der Waals surface area contributed by atoms with E-state index in [2.05, 4.69) is 19.6 Å². The second-order valence-corrected chi connectivity index (χ2v) is 27.0. The summed E-state index contributed by atoms with van der Waals surface area (Å²) in [5, 5.41) is 21.2. The molecule has 12 heteroatoms. The topological polar surface area (TPSA) is 125 Å². The molecule has 1 fully saturated rings. The number of phenols is 2. The monoisotopic (exact) mass is 630 g/mol. The number of fused-ring (bicyclic) bond motifs is 1. The number of benzene rings is 2. The van der Waals surface area contributed by atoms with Crippen LogP contribution in [0.3, 0.4) is 0 Å². The summed E-state index contributed by atoms with van der Waals surface area (Å²) in [6.07, 6.45) is -2.13. The fourth-order valence-corrected chi connectivity index (χ4v) is 8.40. The van der Waals surface area contributed by atoms with Crippen molar-refractivity contribution in [2.24, 2.45) is 0 Å². The molecule has 3 aromatic rings. The molecule has 4 rings (SSSR count). The highest BCUT2D eigenvalue weighted by Crippen LogP contribution is 2.44. The Hall–Kier alpha value is -2.59. The van der Waals surface area contributed by atoms with Gasteiger partial charge in [0.2, 0.25) is 5.43 Å². The van der Waals surface area contributed by atoms with Crippen molar-refractivity contribution >= 4 is 42.2 Å². The van der Waals surface area contributed by atoms with Gasteiger partial charge in [-0.2, -0.15) is 0 Å². The van der Waals surface area contributed by atoms with E-state index in [9.17, 15) is 19.8 Å². The number of carbonyl (C=O) groups is 1. The van der Waals surface area contributed by atoms with Crippen molar-refractivity contribution in [3.05, 3.63) is 58.4 Å². The first kappa shape index (κ1) is 32.3. The van der Waals surface area contributed by atoms with Crippen molar-refractivity contribution < 1.29 is 37.4 Å². The van der Waals surface area contributed by atoms with Crippen LogP contribution < -0.4 is 5.43 Å². The molecule has 0 unspecified atom stereocenters. The van der Waals surface area contributed by atoms with E-state index in [1.807, 2.05) is 39.3 Å². The van der Waals surface area contributed by atoms with Gasteiger partial charge in [0.15, 0.2) is 31.2 Å². The third kappa shape index (κ3) is 7.30. The van der Waals surface area contributed by atoms with Gasteiger partial charge in [0.05, 0.1) is 16.5 Å². The Morgan fingerprint density at radius 1 is 0.762 bits per heavy atom. The standard InChI is InChI=1S/C30H42O9Si3/c1-40(2,3)37-27-23(16-31)36-28(30(39-42(7,8)9)29(27)38-41(4,5)6)24-22(33)15-14-20-25(34)21(17-35-26(20)24)18-10-12-19(32)13-11-18/h10-17,23,27-30,32-33H,1-9H3/t23-,27-,28+,29+,30+/m1/s1. The van der Waals surface area contributed by atoms with E-state index >= 15 is 0 Å². The molecular formula is C30H42O9Si3. The molecular weight excluding hydrogens is 589 g/mol. The highest BCUT2D eigenvalue weighted by Gasteiger charge is 2.53. The van der Waals surface area contributed by atoms with E-state index in [-0.39, 0.29) is 33.5 Å². The molecule has 0 aliphatic carbocycles. The van der Waals surface area contributed by atoms with Gasteiger partial charge in [-0.25, -0.2) is 0 Å². The van der Waals surface area contributed by atoms with Gasteiger partial charge in [0.25, 0.3) is 0 Å². The fraction of sp³-hybridized carbons (Fsp3) is 0.467. The third-order valence-electron chi connectivity index (χ3n) is 6.60. The molecule has 228 valence electrons. The number of aldehydes is 1. The first-order valence-corrected chi connectivity index (χ1v) is 24.3. The van der Waals surface area contributed by atoms with Gasteiger partial charge in [0, 0.05) is 0 Å². The Labute approximate surface area is 249 Å². The number of hydrogen-bond donors (Lipinski definition) is 2. The summed E-state index contributed by atoms with van der Waals surface area (Å²) < 4.78 is 32.6. The summed E-state index contributed by atoms with van der Waals surface area (Å²) in [7, 11) is -6.70. The van der Waals surface area contributed by atoms with Crippen LogP contribution in [0.5, 0.6) is 11.5 Å². The molecule has 5 atom stereocenters. The largest absolute Gasteiger partial charge is 0.508 e. The Morgan fingerprint density at radius 2 is 1.31 bits per heavy atom. The van der Waals surface area contributed by atoms with Crippen molar-refractivity contribution in [3.8, 4) is 22.6 Å². The lowest BCUT2D eigenvalue weighted by Gasteiger charge is -2.50. The Kier molecular flexibility index (Phi) is 9.11. The van der Waals surface area contributed by atoms with Crippen molar-refractivity contribution in [3.63, 3.8) is 0 Å². The zero-order chi connectivity index (χ0) is 31.2. The van der Waals surface area contributed by atoms with Crippen molar-refractivity contribution in [2.45, 2.75) is 89.4 Å². The van der Waals surface area contributed by atoms with Crippen molar-refractivity contribution in [2.75, 3.05) is 0 Å². The van der Waals surface area contributed by atoms with Gasteiger partial charge in [-0.05, 0) is 88.8 Å². The maximum Gasteiger partial charge on any atom is 0.200 e. The average molecular weight is 631 g/mol. The summed E-state index contributed by atoms with van der Waals surface area (Å²) in [4.78, 5) is 26.2. The Balaban J connectivity index is 1.94. The summed E-state index contributed by atoms with van der Waals surface area (Å²) in [5.41, 5.74) is 0.907. The molecule has 1 aliphatic rings. The van der Waals surface area contributed by atoms with Gasteiger partial charge in [-0.3, -0.25) is 4.79 Å². The average Bonchev–Trinajstić information content (AvgIpc) is 2.85. The van der Waals surface area contributed by atoms with Crippen LogP contribution in [0.1, 0.15) is 11.7 Å². The maximum absolute atomic E-state index is 13.7. The van der Waals surface area contributed by atoms with Crippen LogP contribution >= 0.6 is 0 Å². The number of carbonyl (C=O) groups excluding carboxylic acids is 1. The smallest absolute Gasteiger partial charge is 0.200 e. The molecule has 1 aliphatic heterocycles. The number of phenolic OH excluding ortho intramolecular Hbond substituents is 2. The van der Waals surface area contributed by atoms with Gasteiger partial charge >= 0.3 is 0 Å². The normalized spacial score (nSPS) is 23.7. The zero-order valence-electron chi connectivity index (χ0n) is 25.8. The number of aromatic hydroxyl groups is 2. The predicted molar refractivity (Wildman–Crippen MR) is 170 cm³/mol. The summed E-state index contributed by atoms with van der Waals surface area (Å²) in [6.45, 7) is 18.4. The minimum absolute atomic E-state index is 0.0789. The lowest BCUT2D eigenvalue weighted by molar-refractivity contribution is -0.204. The molecule has 0 saturated carbocycles. The summed E-state index contributed by atoms with van der Waals surface area (Å²) in [6, 6.07) is 9.18. The van der Waals surface area contributed by atoms with Crippen molar-refractivity contribution in [1.29, 1.82) is 0 Å². The molecule has 42 heavy (non-hydrogen) atoms. The molecule has 0 spiro atoms. The van der Waals surface area contributed by atoms with E-state index in [1.165, 1.54) is 30.5 Å². The van der Waals surface area contributed by atoms with Gasteiger partial charge < -0.3 is 37.4 Å². The van der Waals surface area contributed by atoms with Crippen LogP contribution in [-0.4, -0.2) is 65.9 Å². The van der Waals surface area contributed by atoms with Crippen molar-refractivity contribution in [1.82, 2.24) is 0 Å². The Bertz CT molecular complexity index is 1480. The molecule has 0 amide bonds. The molecule has 9 nitrogen and oxygen atoms in total. The number of ether oxygens (including phenoxy) is 1. The molecule has 2 heterocycles. The molecule has 0 bridgehead atoms. The minimum atomic E-state index is -2.28. The van der Waals surface area contributed by atoms with Crippen LogP contribution in [-0.2, 0) is 22.8 Å². The summed E-state index contributed by atoms with van der Waals surface area (Å²) in [5.74, 6) is -0.0755. The molecule has 1 saturated heterocycles. The third-order valence-corrected chi connectivity index (χ3v) is 9.53. The van der Waals surface area contributed by atoms with Crippen LogP contribution in [0, 0.1) is 0 Å². The molecule has 2 N–H and O–H groups in total. The van der Waals surface area contributed by atoms with E-state index < -0.39 is 55.5 Å². The van der Waals surface area contributed by atoms with Crippen LogP contribution in [0.15, 0.2) is 51.9 Å². The lowest BCUT2D eigenvalue weighted by atomic mass is 9.90. The SMILES string of the molecule is C[Si](C)(C)O[C@@H]1[C@@H](O[Si](C)(C)C)[C@H](c2c(O)ccc3c(=O)c(-c4ccc(O)cc4)coc23)O[C@H](C=O)[C@H]1O[Si](C)(C)C.